The lowest BCUT2D eigenvalue weighted by atomic mass is 10.2. The lowest BCUT2D eigenvalue weighted by Gasteiger charge is -2.26. The normalized spacial score (nSPS) is 14.3. The van der Waals surface area contributed by atoms with E-state index in [1.54, 1.807) is 27.5 Å². The van der Waals surface area contributed by atoms with Crippen LogP contribution in [0.25, 0.3) is 28.3 Å². The second-order valence-corrected chi connectivity index (χ2v) is 11.4. The molecule has 224 valence electrons. The van der Waals surface area contributed by atoms with Gasteiger partial charge in [0.05, 0.1) is 38.4 Å². The second-order valence-electron chi connectivity index (χ2n) is 9.77. The van der Waals surface area contributed by atoms with Crippen LogP contribution in [0.4, 0.5) is 14.5 Å². The lowest BCUT2D eigenvalue weighted by Crippen LogP contribution is -2.37. The molecule has 0 atom stereocenters. The standard InChI is InChI=1S/C27H27F2N9O4S/c1-41-27-22(34-43(39,40)25-5-3-19(28)14-20(25)29)13-18(15-31-27)21-4-6-26-30-16-24(38(26)33-21)23-17-37(35-32-23)8-2-7-36-9-11-42-12-10-36/h3-6,13-17,34H,2,7-12H2,1H3. The number of fused-ring (bicyclic) bond motifs is 1. The molecule has 0 aliphatic carbocycles. The maximum Gasteiger partial charge on any atom is 0.264 e. The Morgan fingerprint density at radius 1 is 1.02 bits per heavy atom. The molecule has 1 aliphatic heterocycles. The van der Waals surface area contributed by atoms with Crippen molar-refractivity contribution in [1.82, 2.24) is 39.5 Å². The average Bonchev–Trinajstić information content (AvgIpc) is 3.64. The number of aryl methyl sites for hydroxylation is 1. The highest BCUT2D eigenvalue weighted by molar-refractivity contribution is 7.92. The molecule has 1 fully saturated rings. The van der Waals surface area contributed by atoms with Crippen LogP contribution in [-0.4, -0.2) is 87.9 Å². The Bertz CT molecular complexity index is 1870. The van der Waals surface area contributed by atoms with Crippen molar-refractivity contribution in [3.8, 4) is 28.5 Å². The summed E-state index contributed by atoms with van der Waals surface area (Å²) in [6.45, 7) is 5.04. The molecule has 13 nitrogen and oxygen atoms in total. The topological polar surface area (TPSA) is 142 Å². The summed E-state index contributed by atoms with van der Waals surface area (Å²) in [5.41, 5.74) is 2.59. The summed E-state index contributed by atoms with van der Waals surface area (Å²) in [4.78, 5) is 10.3. The van der Waals surface area contributed by atoms with Crippen molar-refractivity contribution in [3.63, 3.8) is 0 Å². The third-order valence-corrected chi connectivity index (χ3v) is 8.30. The number of sulfonamides is 1. The fourth-order valence-corrected chi connectivity index (χ4v) is 5.84. The van der Waals surface area contributed by atoms with Crippen LogP contribution in [0.3, 0.4) is 0 Å². The van der Waals surface area contributed by atoms with Crippen LogP contribution >= 0.6 is 0 Å². The number of methoxy groups -OCH3 is 1. The van der Waals surface area contributed by atoms with Gasteiger partial charge in [-0.05, 0) is 36.8 Å². The van der Waals surface area contributed by atoms with Gasteiger partial charge < -0.3 is 9.47 Å². The van der Waals surface area contributed by atoms with E-state index >= 15 is 0 Å². The maximum atomic E-state index is 14.3. The van der Waals surface area contributed by atoms with Gasteiger partial charge in [-0.1, -0.05) is 5.21 Å². The van der Waals surface area contributed by atoms with Gasteiger partial charge in [0.15, 0.2) is 5.65 Å². The smallest absolute Gasteiger partial charge is 0.264 e. The number of nitrogens with one attached hydrogen (secondary N) is 1. The minimum Gasteiger partial charge on any atom is -0.480 e. The third-order valence-electron chi connectivity index (χ3n) is 6.90. The highest BCUT2D eigenvalue weighted by Gasteiger charge is 2.23. The minimum atomic E-state index is -4.44. The van der Waals surface area contributed by atoms with Gasteiger partial charge in [0.25, 0.3) is 10.0 Å². The fourth-order valence-electron chi connectivity index (χ4n) is 4.73. The molecule has 1 aliphatic rings. The van der Waals surface area contributed by atoms with E-state index in [2.05, 4.69) is 35.0 Å². The Kier molecular flexibility index (Phi) is 7.96. The van der Waals surface area contributed by atoms with Gasteiger partial charge in [0, 0.05) is 44.0 Å². The molecule has 0 bridgehead atoms. The molecule has 43 heavy (non-hydrogen) atoms. The number of anilines is 1. The number of pyridine rings is 1. The predicted molar refractivity (Wildman–Crippen MR) is 151 cm³/mol. The van der Waals surface area contributed by atoms with E-state index in [1.165, 1.54) is 19.4 Å². The number of ether oxygens (including phenoxy) is 2. The van der Waals surface area contributed by atoms with E-state index in [0.717, 1.165) is 51.4 Å². The zero-order valence-electron chi connectivity index (χ0n) is 23.0. The molecule has 0 spiro atoms. The molecule has 0 saturated carbocycles. The number of benzene rings is 1. The first-order valence-electron chi connectivity index (χ1n) is 13.4. The Morgan fingerprint density at radius 3 is 2.65 bits per heavy atom. The third kappa shape index (κ3) is 6.16. The van der Waals surface area contributed by atoms with E-state index < -0.39 is 26.6 Å². The summed E-state index contributed by atoms with van der Waals surface area (Å²) in [6, 6.07) is 7.10. The van der Waals surface area contributed by atoms with Crippen LogP contribution < -0.4 is 9.46 Å². The minimum absolute atomic E-state index is 0.0514. The van der Waals surface area contributed by atoms with Crippen LogP contribution in [-0.2, 0) is 21.3 Å². The van der Waals surface area contributed by atoms with E-state index in [-0.39, 0.29) is 11.6 Å². The number of hydrogen-bond donors (Lipinski definition) is 1. The molecular formula is C27H27F2N9O4S. The van der Waals surface area contributed by atoms with Crippen molar-refractivity contribution in [2.75, 3.05) is 44.7 Å². The van der Waals surface area contributed by atoms with Crippen molar-refractivity contribution in [3.05, 3.63) is 66.6 Å². The summed E-state index contributed by atoms with van der Waals surface area (Å²) in [7, 11) is -3.13. The molecule has 0 radical (unpaired) electrons. The Balaban J connectivity index is 1.24. The highest BCUT2D eigenvalue weighted by Crippen LogP contribution is 2.30. The number of rotatable bonds is 10. The Hall–Kier alpha value is -4.54. The van der Waals surface area contributed by atoms with E-state index in [9.17, 15) is 17.2 Å². The van der Waals surface area contributed by atoms with Gasteiger partial charge in [0.1, 0.15) is 33.6 Å². The zero-order chi connectivity index (χ0) is 30.0. The molecule has 4 aromatic heterocycles. The Morgan fingerprint density at radius 2 is 1.86 bits per heavy atom. The summed E-state index contributed by atoms with van der Waals surface area (Å²) in [6.07, 6.45) is 5.87. The number of halogens is 2. The number of hydrogen-bond acceptors (Lipinski definition) is 10. The monoisotopic (exact) mass is 611 g/mol. The SMILES string of the molecule is COc1ncc(-c2ccc3ncc(-c4cn(CCCN5CCOCC5)nn4)n3n2)cc1NS(=O)(=O)c1ccc(F)cc1F. The summed E-state index contributed by atoms with van der Waals surface area (Å²) in [5.74, 6) is -2.18. The quantitative estimate of drug-likeness (QED) is 0.251. The van der Waals surface area contributed by atoms with Crippen LogP contribution in [0.15, 0.2) is 59.9 Å². The van der Waals surface area contributed by atoms with Crippen LogP contribution in [0.1, 0.15) is 6.42 Å². The average molecular weight is 612 g/mol. The van der Waals surface area contributed by atoms with Gasteiger partial charge in [-0.15, -0.1) is 5.10 Å². The highest BCUT2D eigenvalue weighted by atomic mass is 32.2. The van der Waals surface area contributed by atoms with Gasteiger partial charge in [-0.3, -0.25) is 14.3 Å². The number of aromatic nitrogens is 7. The molecular weight excluding hydrogens is 584 g/mol. The summed E-state index contributed by atoms with van der Waals surface area (Å²) < 4.78 is 69.8. The lowest BCUT2D eigenvalue weighted by molar-refractivity contribution is 0.0368. The van der Waals surface area contributed by atoms with Crippen LogP contribution in [0.5, 0.6) is 5.88 Å². The van der Waals surface area contributed by atoms with Gasteiger partial charge in [-0.2, -0.15) is 5.10 Å². The van der Waals surface area contributed by atoms with E-state index in [0.29, 0.717) is 40.9 Å². The second kappa shape index (κ2) is 12.0. The van der Waals surface area contributed by atoms with Gasteiger partial charge in [-0.25, -0.2) is 31.7 Å². The molecule has 1 aromatic carbocycles. The first-order valence-corrected chi connectivity index (χ1v) is 14.9. The summed E-state index contributed by atoms with van der Waals surface area (Å²) >= 11 is 0. The van der Waals surface area contributed by atoms with E-state index in [1.807, 2.05) is 6.20 Å². The molecule has 1 N–H and O–H groups in total. The summed E-state index contributed by atoms with van der Waals surface area (Å²) in [5, 5.41) is 13.3. The number of nitrogens with zero attached hydrogens (tertiary/aromatic N) is 8. The molecule has 0 amide bonds. The molecule has 0 unspecified atom stereocenters. The zero-order valence-corrected chi connectivity index (χ0v) is 23.8. The molecule has 6 rings (SSSR count). The molecule has 5 aromatic rings. The van der Waals surface area contributed by atoms with E-state index in [4.69, 9.17) is 9.47 Å². The number of morpholine rings is 1. The molecule has 5 heterocycles. The van der Waals surface area contributed by atoms with Crippen LogP contribution in [0, 0.1) is 11.6 Å². The number of imidazole rings is 1. The predicted octanol–water partition coefficient (Wildman–Crippen LogP) is 2.86. The largest absolute Gasteiger partial charge is 0.480 e. The van der Waals surface area contributed by atoms with Crippen LogP contribution in [0.2, 0.25) is 0 Å². The molecule has 1 saturated heterocycles. The van der Waals surface area contributed by atoms with Crippen molar-refractivity contribution >= 4 is 21.4 Å². The van der Waals surface area contributed by atoms with Gasteiger partial charge in [0.2, 0.25) is 5.88 Å². The first-order chi connectivity index (χ1) is 20.8. The van der Waals surface area contributed by atoms with Crippen molar-refractivity contribution < 1.29 is 26.7 Å². The van der Waals surface area contributed by atoms with Gasteiger partial charge >= 0.3 is 0 Å². The molecule has 16 heteroatoms. The van der Waals surface area contributed by atoms with Crippen molar-refractivity contribution in [1.29, 1.82) is 0 Å². The van der Waals surface area contributed by atoms with Crippen molar-refractivity contribution in [2.24, 2.45) is 0 Å². The maximum absolute atomic E-state index is 14.3. The Labute approximate surface area is 245 Å². The fraction of sp³-hybridized carbons (Fsp3) is 0.296. The first kappa shape index (κ1) is 28.6. The van der Waals surface area contributed by atoms with Crippen molar-refractivity contribution in [2.45, 2.75) is 17.9 Å².